The van der Waals surface area contributed by atoms with E-state index in [1.165, 1.54) is 5.20 Å². The topological polar surface area (TPSA) is 81.6 Å². The number of anilines is 1. The van der Waals surface area contributed by atoms with Crippen molar-refractivity contribution in [2.45, 2.75) is 0 Å². The lowest BCUT2D eigenvalue weighted by molar-refractivity contribution is 0.362. The molecule has 0 radical (unpaired) electrons. The fourth-order valence-electron chi connectivity index (χ4n) is 0.751. The molecule has 0 spiro atoms. The van der Waals surface area contributed by atoms with Crippen LogP contribution in [-0.4, -0.2) is 9.79 Å². The van der Waals surface area contributed by atoms with Crippen LogP contribution < -0.4 is 10.6 Å². The van der Waals surface area contributed by atoms with Gasteiger partial charge in [-0.1, -0.05) is 0 Å². The van der Waals surface area contributed by atoms with Crippen LogP contribution in [0.4, 0.5) is 18.9 Å². The molecule has 0 atom stereocenters. The van der Waals surface area contributed by atoms with E-state index in [-0.39, 0.29) is 6.07 Å². The molecular weight excluding hydrogens is 236 g/mol. The van der Waals surface area contributed by atoms with E-state index in [4.69, 9.17) is 9.79 Å². The van der Waals surface area contributed by atoms with E-state index in [9.17, 15) is 17.7 Å². The minimum atomic E-state index is -4.62. The molecule has 1 rings (SSSR count). The number of hydrogen-bond acceptors (Lipinski definition) is 2. The Morgan fingerprint density at radius 2 is 1.60 bits per heavy atom. The molecule has 0 aliphatic rings. The number of nitrogens with one attached hydrogen (secondary N) is 2. The van der Waals surface area contributed by atoms with E-state index >= 15 is 0 Å². The Hall–Kier alpha value is -1.08. The van der Waals surface area contributed by atoms with Crippen molar-refractivity contribution in [3.05, 3.63) is 29.6 Å². The highest BCUT2D eigenvalue weighted by Gasteiger charge is 2.14. The molecule has 1 aromatic rings. The molecule has 0 aromatic heterocycles. The van der Waals surface area contributed by atoms with E-state index in [0.29, 0.717) is 6.07 Å². The standard InChI is InChI=1S/C6H6F3N2O3P/c7-3-1-5(9)6(2-4(3)8)10-11-15(12,13)14/h1-2,10H,(H3,11,12,13,14). The molecule has 0 aliphatic carbocycles. The van der Waals surface area contributed by atoms with Crippen LogP contribution in [0, 0.1) is 17.5 Å². The maximum atomic E-state index is 12.8. The molecular formula is C6H6F3N2O3P. The Morgan fingerprint density at radius 1 is 1.07 bits per heavy atom. The Kier molecular flexibility index (Phi) is 3.35. The lowest BCUT2D eigenvalue weighted by Crippen LogP contribution is -2.18. The molecule has 9 heteroatoms. The molecule has 1 aromatic carbocycles. The molecule has 0 saturated heterocycles. The van der Waals surface area contributed by atoms with Gasteiger partial charge in [0.1, 0.15) is 0 Å². The molecule has 15 heavy (non-hydrogen) atoms. The van der Waals surface area contributed by atoms with Gasteiger partial charge in [0.25, 0.3) is 0 Å². The Morgan fingerprint density at radius 3 is 2.13 bits per heavy atom. The molecule has 0 heterocycles. The second kappa shape index (κ2) is 4.19. The second-order valence-electron chi connectivity index (χ2n) is 2.53. The summed E-state index contributed by atoms with van der Waals surface area (Å²) in [5.74, 6) is -3.92. The summed E-state index contributed by atoms with van der Waals surface area (Å²) in [5.41, 5.74) is 1.11. The number of halogens is 3. The number of hydrogen-bond donors (Lipinski definition) is 4. The second-order valence-corrected chi connectivity index (χ2v) is 3.84. The fraction of sp³-hybridized carbons (Fsp3) is 0. The van der Waals surface area contributed by atoms with Crippen LogP contribution in [0.3, 0.4) is 0 Å². The van der Waals surface area contributed by atoms with Crippen LogP contribution in [0.15, 0.2) is 12.1 Å². The van der Waals surface area contributed by atoms with Gasteiger partial charge < -0.3 is 15.2 Å². The first-order chi connectivity index (χ1) is 6.79. The highest BCUT2D eigenvalue weighted by atomic mass is 31.2. The van der Waals surface area contributed by atoms with E-state index < -0.39 is 30.9 Å². The zero-order chi connectivity index (χ0) is 11.6. The first-order valence-corrected chi connectivity index (χ1v) is 5.14. The summed E-state index contributed by atoms with van der Waals surface area (Å²) in [6.07, 6.45) is 0. The van der Waals surface area contributed by atoms with Crippen molar-refractivity contribution in [2.24, 2.45) is 0 Å². The Labute approximate surface area is 82.1 Å². The number of benzene rings is 1. The van der Waals surface area contributed by atoms with Crippen molar-refractivity contribution in [3.8, 4) is 0 Å². The molecule has 0 bridgehead atoms. The van der Waals surface area contributed by atoms with Crippen LogP contribution in [0.5, 0.6) is 0 Å². The van der Waals surface area contributed by atoms with E-state index in [0.717, 1.165) is 0 Å². The summed E-state index contributed by atoms with van der Waals surface area (Å²) in [7, 11) is -4.62. The van der Waals surface area contributed by atoms with Gasteiger partial charge in [0.2, 0.25) is 0 Å². The zero-order valence-electron chi connectivity index (χ0n) is 7.04. The van der Waals surface area contributed by atoms with Gasteiger partial charge in [-0.15, -0.1) is 5.20 Å². The highest BCUT2D eigenvalue weighted by molar-refractivity contribution is 7.49. The quantitative estimate of drug-likeness (QED) is 0.362. The smallest absolute Gasteiger partial charge is 0.311 e. The summed E-state index contributed by atoms with van der Waals surface area (Å²) in [5, 5.41) is 1.41. The molecule has 0 aliphatic heterocycles. The zero-order valence-corrected chi connectivity index (χ0v) is 7.93. The molecule has 5 nitrogen and oxygen atoms in total. The van der Waals surface area contributed by atoms with Gasteiger partial charge in [-0.2, -0.15) is 0 Å². The van der Waals surface area contributed by atoms with Gasteiger partial charge in [0, 0.05) is 12.1 Å². The largest absolute Gasteiger partial charge is 0.417 e. The van der Waals surface area contributed by atoms with Crippen molar-refractivity contribution < 1.29 is 27.5 Å². The minimum Gasteiger partial charge on any atom is -0.311 e. The first kappa shape index (κ1) is 12.0. The molecule has 0 fully saturated rings. The SMILES string of the molecule is O=P(O)(O)NNc1cc(F)c(F)cc1F. The van der Waals surface area contributed by atoms with Gasteiger partial charge in [0.05, 0.1) is 5.69 Å². The predicted octanol–water partition coefficient (Wildman–Crippen LogP) is 1.11. The van der Waals surface area contributed by atoms with Gasteiger partial charge in [0.15, 0.2) is 17.5 Å². The summed E-state index contributed by atoms with van der Waals surface area (Å²) in [6.45, 7) is 0. The third-order valence-electron chi connectivity index (χ3n) is 1.35. The lowest BCUT2D eigenvalue weighted by Gasteiger charge is -2.10. The molecule has 0 amide bonds. The fourth-order valence-corrected chi connectivity index (χ4v) is 1.02. The van der Waals surface area contributed by atoms with Crippen molar-refractivity contribution in [1.82, 2.24) is 5.20 Å². The Balaban J connectivity index is 2.87. The van der Waals surface area contributed by atoms with Crippen molar-refractivity contribution >= 4 is 13.4 Å². The molecule has 84 valence electrons. The monoisotopic (exact) mass is 242 g/mol. The van der Waals surface area contributed by atoms with Crippen LogP contribution >= 0.6 is 7.75 Å². The lowest BCUT2D eigenvalue weighted by atomic mass is 10.3. The Bertz CT molecular complexity index is 422. The summed E-state index contributed by atoms with van der Waals surface area (Å²) in [6, 6.07) is 0.673. The van der Waals surface area contributed by atoms with Gasteiger partial charge in [-0.25, -0.2) is 17.7 Å². The van der Waals surface area contributed by atoms with Gasteiger partial charge >= 0.3 is 7.75 Å². The van der Waals surface area contributed by atoms with Gasteiger partial charge in [-0.3, -0.25) is 0 Å². The highest BCUT2D eigenvalue weighted by Crippen LogP contribution is 2.28. The minimum absolute atomic E-state index is 0.249. The van der Waals surface area contributed by atoms with E-state index in [1.54, 1.807) is 5.43 Å². The molecule has 0 unspecified atom stereocenters. The average molecular weight is 242 g/mol. The average Bonchev–Trinajstić information content (AvgIpc) is 2.07. The van der Waals surface area contributed by atoms with Crippen LogP contribution in [-0.2, 0) is 4.57 Å². The number of rotatable bonds is 3. The normalized spacial score (nSPS) is 11.5. The van der Waals surface area contributed by atoms with Crippen LogP contribution in [0.2, 0.25) is 0 Å². The molecule has 0 saturated carbocycles. The van der Waals surface area contributed by atoms with E-state index in [1.807, 2.05) is 0 Å². The van der Waals surface area contributed by atoms with Crippen LogP contribution in [0.1, 0.15) is 0 Å². The third-order valence-corrected chi connectivity index (χ3v) is 1.75. The maximum absolute atomic E-state index is 12.8. The summed E-state index contributed by atoms with van der Waals surface area (Å²) < 4.78 is 48.1. The van der Waals surface area contributed by atoms with Crippen LogP contribution in [0.25, 0.3) is 0 Å². The first-order valence-electron chi connectivity index (χ1n) is 3.53. The van der Waals surface area contributed by atoms with E-state index in [2.05, 4.69) is 0 Å². The van der Waals surface area contributed by atoms with Crippen molar-refractivity contribution in [3.63, 3.8) is 0 Å². The van der Waals surface area contributed by atoms with Gasteiger partial charge in [-0.05, 0) is 0 Å². The summed E-state index contributed by atoms with van der Waals surface area (Å²) >= 11 is 0. The van der Waals surface area contributed by atoms with Crippen molar-refractivity contribution in [2.75, 3.05) is 5.43 Å². The predicted molar refractivity (Wildman–Crippen MR) is 45.1 cm³/mol. The summed E-state index contributed by atoms with van der Waals surface area (Å²) in [4.78, 5) is 16.7. The van der Waals surface area contributed by atoms with Crippen molar-refractivity contribution in [1.29, 1.82) is 0 Å². The maximum Gasteiger partial charge on any atom is 0.417 e. The molecule has 4 N–H and O–H groups in total. The number of hydrazine groups is 1. The third kappa shape index (κ3) is 3.52.